The highest BCUT2D eigenvalue weighted by atomic mass is 16.1. The minimum atomic E-state index is -0.399. The van der Waals surface area contributed by atoms with Gasteiger partial charge in [-0.3, -0.25) is 9.48 Å². The zero-order chi connectivity index (χ0) is 9.14. The van der Waals surface area contributed by atoms with E-state index >= 15 is 0 Å². The minimum absolute atomic E-state index is 0.152. The molecule has 1 amide bonds. The predicted octanol–water partition coefficient (Wildman–Crippen LogP) is -0.705. The van der Waals surface area contributed by atoms with Gasteiger partial charge in [0.15, 0.2) is 0 Å². The molecule has 1 atom stereocenters. The van der Waals surface area contributed by atoms with Crippen LogP contribution in [0.5, 0.6) is 0 Å². The largest absolute Gasteiger partial charge is 0.370 e. The Balaban J connectivity index is 2.71. The Morgan fingerprint density at radius 3 is 2.92 bits per heavy atom. The lowest BCUT2D eigenvalue weighted by Crippen LogP contribution is -2.22. The van der Waals surface area contributed by atoms with Crippen LogP contribution in [0.15, 0.2) is 12.3 Å². The van der Waals surface area contributed by atoms with Gasteiger partial charge in [-0.25, -0.2) is 0 Å². The quantitative estimate of drug-likeness (QED) is 0.625. The first-order chi connectivity index (χ1) is 5.61. The van der Waals surface area contributed by atoms with Gasteiger partial charge in [0.05, 0.1) is 11.7 Å². The molecule has 0 aliphatic carbocycles. The normalized spacial score (nSPS) is 12.8. The van der Waals surface area contributed by atoms with Gasteiger partial charge < -0.3 is 11.5 Å². The van der Waals surface area contributed by atoms with Crippen LogP contribution in [0.3, 0.4) is 0 Å². The molecule has 0 spiro atoms. The molecule has 66 valence electrons. The van der Waals surface area contributed by atoms with Gasteiger partial charge in [-0.15, -0.1) is 0 Å². The summed E-state index contributed by atoms with van der Waals surface area (Å²) in [5.41, 5.74) is 11.5. The summed E-state index contributed by atoms with van der Waals surface area (Å²) in [6.07, 6.45) is 1.79. The summed E-state index contributed by atoms with van der Waals surface area (Å²) < 4.78 is 1.63. The van der Waals surface area contributed by atoms with Crippen molar-refractivity contribution in [2.24, 2.45) is 18.5 Å². The van der Waals surface area contributed by atoms with Crippen molar-refractivity contribution in [2.45, 2.75) is 12.5 Å². The molecule has 0 aliphatic heterocycles. The van der Waals surface area contributed by atoms with Crippen molar-refractivity contribution in [3.8, 4) is 0 Å². The minimum Gasteiger partial charge on any atom is -0.370 e. The molecule has 5 heteroatoms. The lowest BCUT2D eigenvalue weighted by Gasteiger charge is -2.08. The summed E-state index contributed by atoms with van der Waals surface area (Å²) in [5, 5.41) is 3.93. The van der Waals surface area contributed by atoms with Gasteiger partial charge in [0.2, 0.25) is 5.91 Å². The summed E-state index contributed by atoms with van der Waals surface area (Å²) in [5.74, 6) is -0.399. The van der Waals surface area contributed by atoms with E-state index in [1.165, 1.54) is 0 Å². The number of hydrogen-bond donors (Lipinski definition) is 2. The average molecular weight is 168 g/mol. The number of carbonyl (C=O) groups excluding carboxylic acids is 1. The number of rotatable bonds is 3. The SMILES string of the molecule is Cn1nccc1[C@H](N)CC(N)=O. The molecule has 5 nitrogen and oxygen atoms in total. The number of carbonyl (C=O) groups is 1. The second-order valence-corrected chi connectivity index (χ2v) is 2.66. The summed E-state index contributed by atoms with van der Waals surface area (Å²) in [6.45, 7) is 0. The number of amides is 1. The third kappa shape index (κ3) is 1.82. The highest BCUT2D eigenvalue weighted by molar-refractivity contribution is 5.74. The number of nitrogens with two attached hydrogens (primary N) is 2. The van der Waals surface area contributed by atoms with Gasteiger partial charge in [0.1, 0.15) is 0 Å². The molecular weight excluding hydrogens is 156 g/mol. The highest BCUT2D eigenvalue weighted by Crippen LogP contribution is 2.11. The van der Waals surface area contributed by atoms with Crippen LogP contribution in [-0.2, 0) is 11.8 Å². The third-order valence-corrected chi connectivity index (χ3v) is 1.66. The van der Waals surface area contributed by atoms with Crippen LogP contribution in [0.2, 0.25) is 0 Å². The van der Waals surface area contributed by atoms with Crippen molar-refractivity contribution in [1.29, 1.82) is 0 Å². The molecule has 0 aliphatic rings. The van der Waals surface area contributed by atoms with E-state index in [4.69, 9.17) is 11.5 Å². The number of aromatic nitrogens is 2. The standard InChI is InChI=1S/C7H12N4O/c1-11-6(2-3-10-11)5(8)4-7(9)12/h2-3,5H,4,8H2,1H3,(H2,9,12)/t5-/m1/s1. The van der Waals surface area contributed by atoms with Crippen molar-refractivity contribution in [3.05, 3.63) is 18.0 Å². The Labute approximate surface area is 70.3 Å². The Hall–Kier alpha value is -1.36. The molecule has 4 N–H and O–H groups in total. The second-order valence-electron chi connectivity index (χ2n) is 2.66. The van der Waals surface area contributed by atoms with Crippen molar-refractivity contribution in [3.63, 3.8) is 0 Å². The van der Waals surface area contributed by atoms with Crippen LogP contribution >= 0.6 is 0 Å². The van der Waals surface area contributed by atoms with Gasteiger partial charge >= 0.3 is 0 Å². The monoisotopic (exact) mass is 168 g/mol. The first-order valence-corrected chi connectivity index (χ1v) is 3.63. The lowest BCUT2D eigenvalue weighted by atomic mass is 10.1. The predicted molar refractivity (Wildman–Crippen MR) is 43.9 cm³/mol. The smallest absolute Gasteiger partial charge is 0.219 e. The molecule has 0 radical (unpaired) electrons. The average Bonchev–Trinajstić information content (AvgIpc) is 2.33. The molecule has 1 rings (SSSR count). The molecule has 0 saturated heterocycles. The second kappa shape index (κ2) is 3.36. The van der Waals surface area contributed by atoms with E-state index in [-0.39, 0.29) is 12.5 Å². The molecular formula is C7H12N4O. The molecule has 1 heterocycles. The topological polar surface area (TPSA) is 86.9 Å². The molecule has 0 saturated carbocycles. The fourth-order valence-electron chi connectivity index (χ4n) is 1.07. The van der Waals surface area contributed by atoms with E-state index < -0.39 is 5.91 Å². The summed E-state index contributed by atoms with van der Waals surface area (Å²) in [6, 6.07) is 1.42. The van der Waals surface area contributed by atoms with Crippen LogP contribution in [0.4, 0.5) is 0 Å². The molecule has 0 bridgehead atoms. The van der Waals surface area contributed by atoms with Crippen LogP contribution in [-0.4, -0.2) is 15.7 Å². The molecule has 0 unspecified atom stereocenters. The van der Waals surface area contributed by atoms with E-state index in [1.807, 2.05) is 0 Å². The van der Waals surface area contributed by atoms with E-state index in [9.17, 15) is 4.79 Å². The van der Waals surface area contributed by atoms with Crippen molar-refractivity contribution in [2.75, 3.05) is 0 Å². The first-order valence-electron chi connectivity index (χ1n) is 3.63. The number of aryl methyl sites for hydroxylation is 1. The van der Waals surface area contributed by atoms with Gasteiger partial charge in [-0.2, -0.15) is 5.10 Å². The maximum absolute atomic E-state index is 10.5. The Morgan fingerprint density at radius 1 is 1.83 bits per heavy atom. The summed E-state index contributed by atoms with van der Waals surface area (Å²) in [4.78, 5) is 10.5. The van der Waals surface area contributed by atoms with E-state index in [1.54, 1.807) is 24.0 Å². The van der Waals surface area contributed by atoms with Crippen molar-refractivity contribution >= 4 is 5.91 Å². The number of primary amides is 1. The Morgan fingerprint density at radius 2 is 2.50 bits per heavy atom. The number of hydrogen-bond acceptors (Lipinski definition) is 3. The van der Waals surface area contributed by atoms with Crippen LogP contribution < -0.4 is 11.5 Å². The van der Waals surface area contributed by atoms with E-state index in [2.05, 4.69) is 5.10 Å². The van der Waals surface area contributed by atoms with Gasteiger partial charge in [0.25, 0.3) is 0 Å². The fraction of sp³-hybridized carbons (Fsp3) is 0.429. The zero-order valence-corrected chi connectivity index (χ0v) is 6.90. The Kier molecular flexibility index (Phi) is 2.44. The first kappa shape index (κ1) is 8.73. The Bertz CT molecular complexity index is 281. The van der Waals surface area contributed by atoms with Gasteiger partial charge in [-0.05, 0) is 6.07 Å². The third-order valence-electron chi connectivity index (χ3n) is 1.66. The maximum atomic E-state index is 10.5. The van der Waals surface area contributed by atoms with Crippen LogP contribution in [0.1, 0.15) is 18.2 Å². The zero-order valence-electron chi connectivity index (χ0n) is 6.90. The van der Waals surface area contributed by atoms with E-state index in [0.717, 1.165) is 5.69 Å². The van der Waals surface area contributed by atoms with Crippen molar-refractivity contribution < 1.29 is 4.79 Å². The van der Waals surface area contributed by atoms with Crippen molar-refractivity contribution in [1.82, 2.24) is 9.78 Å². The summed E-state index contributed by atoms with van der Waals surface area (Å²) in [7, 11) is 1.77. The summed E-state index contributed by atoms with van der Waals surface area (Å²) >= 11 is 0. The number of nitrogens with zero attached hydrogens (tertiary/aromatic N) is 2. The molecule has 12 heavy (non-hydrogen) atoms. The van der Waals surface area contributed by atoms with E-state index in [0.29, 0.717) is 0 Å². The van der Waals surface area contributed by atoms with Gasteiger partial charge in [0, 0.05) is 19.7 Å². The lowest BCUT2D eigenvalue weighted by molar-refractivity contribution is -0.118. The fourth-order valence-corrected chi connectivity index (χ4v) is 1.07. The van der Waals surface area contributed by atoms with Gasteiger partial charge in [-0.1, -0.05) is 0 Å². The molecule has 1 aromatic heterocycles. The molecule has 0 fully saturated rings. The maximum Gasteiger partial charge on any atom is 0.219 e. The van der Waals surface area contributed by atoms with Crippen LogP contribution in [0, 0.1) is 0 Å². The highest BCUT2D eigenvalue weighted by Gasteiger charge is 2.11. The molecule has 1 aromatic rings. The molecule has 0 aromatic carbocycles. The van der Waals surface area contributed by atoms with Crippen LogP contribution in [0.25, 0.3) is 0 Å².